The van der Waals surface area contributed by atoms with Crippen LogP contribution in [0, 0.1) is 0 Å². The molecule has 1 N–H and O–H groups in total. The summed E-state index contributed by atoms with van der Waals surface area (Å²) in [5.74, 6) is 0.373. The van der Waals surface area contributed by atoms with E-state index in [4.69, 9.17) is 4.74 Å². The molecule has 1 amide bonds. The smallest absolute Gasteiger partial charge is 0.258 e. The third kappa shape index (κ3) is 5.00. The molecule has 2 rings (SSSR count). The first-order valence-electron chi connectivity index (χ1n) is 6.81. The number of rotatable bonds is 7. The molecule has 0 spiro atoms. The predicted octanol–water partition coefficient (Wildman–Crippen LogP) is 2.96. The van der Waals surface area contributed by atoms with E-state index in [2.05, 4.69) is 21.2 Å². The Morgan fingerprint density at radius 1 is 1.00 bits per heavy atom. The Bertz CT molecular complexity index is 626. The minimum atomic E-state index is -0.190. The molecule has 0 saturated carbocycles. The van der Waals surface area contributed by atoms with Crippen LogP contribution >= 0.6 is 15.9 Å². The average Bonchev–Trinajstić information content (AvgIpc) is 2.58. The van der Waals surface area contributed by atoms with Crippen molar-refractivity contribution in [3.63, 3.8) is 0 Å². The first-order valence-corrected chi connectivity index (χ1v) is 7.94. The van der Waals surface area contributed by atoms with Crippen LogP contribution in [0.15, 0.2) is 54.6 Å². The number of amides is 1. The van der Waals surface area contributed by atoms with Crippen LogP contribution in [0.3, 0.4) is 0 Å². The van der Waals surface area contributed by atoms with Gasteiger partial charge in [0.25, 0.3) is 5.91 Å². The lowest BCUT2D eigenvalue weighted by atomic mass is 10.1. The fourth-order valence-corrected chi connectivity index (χ4v) is 2.13. The van der Waals surface area contributed by atoms with Crippen molar-refractivity contribution in [3.8, 4) is 5.75 Å². The van der Waals surface area contributed by atoms with Gasteiger partial charge in [0.1, 0.15) is 5.75 Å². The summed E-state index contributed by atoms with van der Waals surface area (Å²) < 4.78 is 5.39. The number of hydrogen-bond acceptors (Lipinski definition) is 3. The van der Waals surface area contributed by atoms with Gasteiger partial charge in [0.05, 0.1) is 5.33 Å². The maximum Gasteiger partial charge on any atom is 0.258 e. The van der Waals surface area contributed by atoms with Gasteiger partial charge in [-0.3, -0.25) is 9.59 Å². The first kappa shape index (κ1) is 16.2. The number of carbonyl (C=O) groups is 2. The Hall–Kier alpha value is -2.14. The van der Waals surface area contributed by atoms with Gasteiger partial charge in [-0.25, -0.2) is 0 Å². The van der Waals surface area contributed by atoms with Crippen LogP contribution < -0.4 is 10.1 Å². The minimum absolute atomic E-state index is 0.00662. The molecule has 0 saturated heterocycles. The molecule has 0 aliphatic heterocycles. The normalized spacial score (nSPS) is 10.0. The molecule has 114 valence electrons. The van der Waals surface area contributed by atoms with Crippen LogP contribution in [0.2, 0.25) is 0 Å². The van der Waals surface area contributed by atoms with E-state index in [-0.39, 0.29) is 23.6 Å². The number of alkyl halides is 1. The molecule has 5 heteroatoms. The summed E-state index contributed by atoms with van der Waals surface area (Å²) >= 11 is 3.12. The highest BCUT2D eigenvalue weighted by Crippen LogP contribution is 2.13. The van der Waals surface area contributed by atoms with E-state index in [0.29, 0.717) is 17.9 Å². The van der Waals surface area contributed by atoms with Gasteiger partial charge in [-0.1, -0.05) is 46.3 Å². The van der Waals surface area contributed by atoms with Crippen LogP contribution in [0.5, 0.6) is 5.75 Å². The zero-order valence-electron chi connectivity index (χ0n) is 11.9. The number of nitrogens with one attached hydrogen (secondary N) is 1. The molecule has 0 aliphatic rings. The summed E-state index contributed by atoms with van der Waals surface area (Å²) in [4.78, 5) is 23.2. The van der Waals surface area contributed by atoms with Gasteiger partial charge in [-0.2, -0.15) is 0 Å². The molecule has 0 unspecified atom stereocenters. The highest BCUT2D eigenvalue weighted by molar-refractivity contribution is 9.09. The topological polar surface area (TPSA) is 55.4 Å². The van der Waals surface area contributed by atoms with Crippen molar-refractivity contribution >= 4 is 27.6 Å². The number of halogens is 1. The van der Waals surface area contributed by atoms with Crippen molar-refractivity contribution in [2.75, 3.05) is 11.9 Å². The Balaban J connectivity index is 1.77. The number of ketones is 1. The predicted molar refractivity (Wildman–Crippen MR) is 88.4 cm³/mol. The van der Waals surface area contributed by atoms with Crippen molar-refractivity contribution in [3.05, 3.63) is 65.7 Å². The standard InChI is InChI=1S/C17H16BrNO3/c18-10-16(20)14-6-8-15(9-7-14)22-12-17(21)19-11-13-4-2-1-3-5-13/h1-9H,10-12H2,(H,19,21). The zero-order chi connectivity index (χ0) is 15.8. The monoisotopic (exact) mass is 361 g/mol. The zero-order valence-corrected chi connectivity index (χ0v) is 13.5. The molecular weight excluding hydrogens is 346 g/mol. The Kier molecular flexibility index (Phi) is 6.15. The Morgan fingerprint density at radius 2 is 1.68 bits per heavy atom. The van der Waals surface area contributed by atoms with Crippen LogP contribution in [-0.4, -0.2) is 23.6 Å². The second-order valence-electron chi connectivity index (χ2n) is 4.63. The van der Waals surface area contributed by atoms with Gasteiger partial charge in [-0.15, -0.1) is 0 Å². The largest absolute Gasteiger partial charge is 0.484 e. The fourth-order valence-electron chi connectivity index (χ4n) is 1.81. The minimum Gasteiger partial charge on any atom is -0.484 e. The van der Waals surface area contributed by atoms with Gasteiger partial charge in [0.2, 0.25) is 0 Å². The summed E-state index contributed by atoms with van der Waals surface area (Å²) in [7, 11) is 0. The molecule has 0 radical (unpaired) electrons. The second-order valence-corrected chi connectivity index (χ2v) is 5.19. The third-order valence-electron chi connectivity index (χ3n) is 3.00. The number of benzene rings is 2. The maximum absolute atomic E-state index is 11.7. The number of ether oxygens (including phenoxy) is 1. The molecule has 0 atom stereocenters. The number of Topliss-reactive ketones (excluding diaryl/α,β-unsaturated/α-hetero) is 1. The molecule has 2 aromatic carbocycles. The van der Waals surface area contributed by atoms with Crippen molar-refractivity contribution in [2.24, 2.45) is 0 Å². The van der Waals surface area contributed by atoms with E-state index in [1.54, 1.807) is 24.3 Å². The van der Waals surface area contributed by atoms with Crippen molar-refractivity contribution in [2.45, 2.75) is 6.54 Å². The van der Waals surface area contributed by atoms with E-state index in [9.17, 15) is 9.59 Å². The van der Waals surface area contributed by atoms with Gasteiger partial charge in [-0.05, 0) is 29.8 Å². The first-order chi connectivity index (χ1) is 10.7. The highest BCUT2D eigenvalue weighted by Gasteiger charge is 2.05. The van der Waals surface area contributed by atoms with Crippen molar-refractivity contribution < 1.29 is 14.3 Å². The van der Waals surface area contributed by atoms with Crippen LogP contribution in [-0.2, 0) is 11.3 Å². The maximum atomic E-state index is 11.7. The average molecular weight is 362 g/mol. The summed E-state index contributed by atoms with van der Waals surface area (Å²) in [6.45, 7) is 0.417. The van der Waals surface area contributed by atoms with E-state index < -0.39 is 0 Å². The Labute approximate surface area is 137 Å². The van der Waals surface area contributed by atoms with Crippen LogP contribution in [0.4, 0.5) is 0 Å². The van der Waals surface area contributed by atoms with Crippen molar-refractivity contribution in [1.82, 2.24) is 5.32 Å². The van der Waals surface area contributed by atoms with E-state index >= 15 is 0 Å². The molecule has 22 heavy (non-hydrogen) atoms. The van der Waals surface area contributed by atoms with Gasteiger partial charge in [0.15, 0.2) is 12.4 Å². The summed E-state index contributed by atoms with van der Waals surface area (Å²) in [5.41, 5.74) is 1.64. The van der Waals surface area contributed by atoms with Gasteiger partial charge >= 0.3 is 0 Å². The lowest BCUT2D eigenvalue weighted by molar-refractivity contribution is -0.123. The third-order valence-corrected chi connectivity index (χ3v) is 3.51. The van der Waals surface area contributed by atoms with E-state index in [0.717, 1.165) is 5.56 Å². The SMILES string of the molecule is O=C(COc1ccc(C(=O)CBr)cc1)NCc1ccccc1. The molecule has 0 aromatic heterocycles. The molecule has 4 nitrogen and oxygen atoms in total. The van der Waals surface area contributed by atoms with Crippen molar-refractivity contribution in [1.29, 1.82) is 0 Å². The number of carbonyl (C=O) groups excluding carboxylic acids is 2. The van der Waals surface area contributed by atoms with Gasteiger partial charge < -0.3 is 10.1 Å². The molecule has 0 bridgehead atoms. The lowest BCUT2D eigenvalue weighted by Gasteiger charge is -2.08. The summed E-state index contributed by atoms with van der Waals surface area (Å²) in [5, 5.41) is 3.07. The molecule has 2 aromatic rings. The Morgan fingerprint density at radius 3 is 2.32 bits per heavy atom. The molecule has 0 heterocycles. The van der Waals surface area contributed by atoms with E-state index in [1.165, 1.54) is 0 Å². The molecular formula is C17H16BrNO3. The van der Waals surface area contributed by atoms with Gasteiger partial charge in [0, 0.05) is 12.1 Å². The number of hydrogen-bond donors (Lipinski definition) is 1. The van der Waals surface area contributed by atoms with Crippen LogP contribution in [0.1, 0.15) is 15.9 Å². The summed E-state index contributed by atoms with van der Waals surface area (Å²) in [6.07, 6.45) is 0. The van der Waals surface area contributed by atoms with E-state index in [1.807, 2.05) is 30.3 Å². The quantitative estimate of drug-likeness (QED) is 0.609. The lowest BCUT2D eigenvalue weighted by Crippen LogP contribution is -2.28. The molecule has 0 aliphatic carbocycles. The van der Waals surface area contributed by atoms with Crippen LogP contribution in [0.25, 0.3) is 0 Å². The summed E-state index contributed by atoms with van der Waals surface area (Å²) in [6, 6.07) is 16.4. The second kappa shape index (κ2) is 8.34. The highest BCUT2D eigenvalue weighted by atomic mass is 79.9. The molecule has 0 fully saturated rings. The fraction of sp³-hybridized carbons (Fsp3) is 0.176.